The summed E-state index contributed by atoms with van der Waals surface area (Å²) in [6.07, 6.45) is 0. The predicted molar refractivity (Wildman–Crippen MR) is 101 cm³/mol. The number of hydrogen-bond acceptors (Lipinski definition) is 1. The molecular formula is C20H13Cl3O. The van der Waals surface area contributed by atoms with Crippen molar-refractivity contribution in [2.45, 2.75) is 5.92 Å². The largest absolute Gasteiger partial charge is 0.293 e. The third-order valence-corrected chi connectivity index (χ3v) is 4.55. The Balaban J connectivity index is 2.07. The topological polar surface area (TPSA) is 17.1 Å². The monoisotopic (exact) mass is 374 g/mol. The summed E-state index contributed by atoms with van der Waals surface area (Å²) in [6.45, 7) is 0. The van der Waals surface area contributed by atoms with Crippen LogP contribution < -0.4 is 0 Å². The highest BCUT2D eigenvalue weighted by molar-refractivity contribution is 6.31. The summed E-state index contributed by atoms with van der Waals surface area (Å²) in [5.74, 6) is -0.433. The van der Waals surface area contributed by atoms with Gasteiger partial charge < -0.3 is 0 Å². The van der Waals surface area contributed by atoms with Crippen LogP contribution in [0.25, 0.3) is 0 Å². The van der Waals surface area contributed by atoms with Crippen LogP contribution in [0.1, 0.15) is 27.4 Å². The Morgan fingerprint density at radius 3 is 1.29 bits per heavy atom. The van der Waals surface area contributed by atoms with Crippen LogP contribution in [0.15, 0.2) is 72.8 Å². The van der Waals surface area contributed by atoms with E-state index in [2.05, 4.69) is 0 Å². The van der Waals surface area contributed by atoms with E-state index in [0.717, 1.165) is 11.1 Å². The molecule has 0 aliphatic carbocycles. The van der Waals surface area contributed by atoms with Gasteiger partial charge in [0, 0.05) is 20.6 Å². The Morgan fingerprint density at radius 1 is 0.583 bits per heavy atom. The van der Waals surface area contributed by atoms with Gasteiger partial charge >= 0.3 is 0 Å². The molecule has 0 unspecified atom stereocenters. The molecule has 0 spiro atoms. The number of ketones is 1. The maximum Gasteiger partial charge on any atom is 0.174 e. The Bertz CT molecular complexity index is 792. The standard InChI is InChI=1S/C20H13Cl3O/c21-16-7-1-13(2-8-16)19(14-3-9-17(22)10-4-14)20(24)15-5-11-18(23)12-6-15/h1-12,19H. The molecule has 3 rings (SSSR count). The van der Waals surface area contributed by atoms with Crippen molar-refractivity contribution in [1.29, 1.82) is 0 Å². The Labute approximate surface area is 155 Å². The lowest BCUT2D eigenvalue weighted by molar-refractivity contribution is 0.0974. The minimum Gasteiger partial charge on any atom is -0.293 e. The summed E-state index contributed by atoms with van der Waals surface area (Å²) < 4.78 is 0. The lowest BCUT2D eigenvalue weighted by Gasteiger charge is -2.17. The first-order valence-corrected chi connectivity index (χ1v) is 8.49. The van der Waals surface area contributed by atoms with E-state index in [4.69, 9.17) is 34.8 Å². The quantitative estimate of drug-likeness (QED) is 0.466. The number of halogens is 3. The highest BCUT2D eigenvalue weighted by Gasteiger charge is 2.24. The third-order valence-electron chi connectivity index (χ3n) is 3.80. The zero-order chi connectivity index (χ0) is 17.1. The molecule has 3 aromatic rings. The number of hydrogen-bond donors (Lipinski definition) is 0. The van der Waals surface area contributed by atoms with Crippen LogP contribution in [0.4, 0.5) is 0 Å². The average molecular weight is 376 g/mol. The first-order chi connectivity index (χ1) is 11.5. The van der Waals surface area contributed by atoms with Crippen LogP contribution in [0.3, 0.4) is 0 Å². The van der Waals surface area contributed by atoms with E-state index >= 15 is 0 Å². The van der Waals surface area contributed by atoms with Gasteiger partial charge in [-0.05, 0) is 59.7 Å². The van der Waals surface area contributed by atoms with E-state index in [0.29, 0.717) is 20.6 Å². The van der Waals surface area contributed by atoms with Crippen molar-refractivity contribution in [2.75, 3.05) is 0 Å². The minimum atomic E-state index is -0.430. The number of carbonyl (C=O) groups excluding carboxylic acids is 1. The van der Waals surface area contributed by atoms with E-state index in [1.165, 1.54) is 0 Å². The van der Waals surface area contributed by atoms with Crippen LogP contribution in [0.2, 0.25) is 15.1 Å². The minimum absolute atomic E-state index is 0.00342. The summed E-state index contributed by atoms with van der Waals surface area (Å²) in [4.78, 5) is 13.1. The fourth-order valence-corrected chi connectivity index (χ4v) is 2.96. The molecule has 0 heterocycles. The zero-order valence-corrected chi connectivity index (χ0v) is 14.8. The van der Waals surface area contributed by atoms with E-state index in [-0.39, 0.29) is 5.78 Å². The number of carbonyl (C=O) groups is 1. The van der Waals surface area contributed by atoms with Gasteiger partial charge in [0.2, 0.25) is 0 Å². The second-order valence-electron chi connectivity index (χ2n) is 5.41. The molecule has 4 heteroatoms. The summed E-state index contributed by atoms with van der Waals surface area (Å²) in [5, 5.41) is 1.86. The normalized spacial score (nSPS) is 10.8. The molecule has 0 saturated carbocycles. The van der Waals surface area contributed by atoms with E-state index < -0.39 is 5.92 Å². The van der Waals surface area contributed by atoms with Gasteiger partial charge in [-0.15, -0.1) is 0 Å². The van der Waals surface area contributed by atoms with Crippen molar-refractivity contribution in [3.8, 4) is 0 Å². The Hall–Kier alpha value is -1.80. The fraction of sp³-hybridized carbons (Fsp3) is 0.0500. The molecule has 3 aromatic carbocycles. The highest BCUT2D eigenvalue weighted by Crippen LogP contribution is 2.30. The van der Waals surface area contributed by atoms with Crippen molar-refractivity contribution in [2.24, 2.45) is 0 Å². The fourth-order valence-electron chi connectivity index (χ4n) is 2.59. The molecule has 1 nitrogen and oxygen atoms in total. The Kier molecular flexibility index (Phi) is 5.25. The maximum absolute atomic E-state index is 13.1. The smallest absolute Gasteiger partial charge is 0.174 e. The van der Waals surface area contributed by atoms with Crippen LogP contribution in [-0.4, -0.2) is 5.78 Å². The SMILES string of the molecule is O=C(c1ccc(Cl)cc1)C(c1ccc(Cl)cc1)c1ccc(Cl)cc1. The second kappa shape index (κ2) is 7.40. The van der Waals surface area contributed by atoms with Gasteiger partial charge in [0.1, 0.15) is 0 Å². The molecule has 24 heavy (non-hydrogen) atoms. The third kappa shape index (κ3) is 3.81. The lowest BCUT2D eigenvalue weighted by Crippen LogP contribution is -2.14. The lowest BCUT2D eigenvalue weighted by atomic mass is 9.85. The first kappa shape index (κ1) is 17.0. The summed E-state index contributed by atoms with van der Waals surface area (Å²) >= 11 is 17.9. The van der Waals surface area contributed by atoms with Crippen molar-refractivity contribution in [1.82, 2.24) is 0 Å². The van der Waals surface area contributed by atoms with Gasteiger partial charge in [-0.3, -0.25) is 4.79 Å². The zero-order valence-electron chi connectivity index (χ0n) is 12.5. The van der Waals surface area contributed by atoms with E-state index in [1.807, 2.05) is 24.3 Å². The molecular weight excluding hydrogens is 363 g/mol. The van der Waals surface area contributed by atoms with Gasteiger partial charge in [0.25, 0.3) is 0 Å². The van der Waals surface area contributed by atoms with Gasteiger partial charge in [0.05, 0.1) is 5.92 Å². The molecule has 0 amide bonds. The molecule has 0 bridgehead atoms. The Morgan fingerprint density at radius 2 is 0.917 bits per heavy atom. The average Bonchev–Trinajstić information content (AvgIpc) is 2.59. The molecule has 120 valence electrons. The van der Waals surface area contributed by atoms with Crippen molar-refractivity contribution >= 4 is 40.6 Å². The molecule has 0 atom stereocenters. The highest BCUT2D eigenvalue weighted by atomic mass is 35.5. The van der Waals surface area contributed by atoms with Gasteiger partial charge in [0.15, 0.2) is 5.78 Å². The maximum atomic E-state index is 13.1. The van der Waals surface area contributed by atoms with Crippen LogP contribution in [0.5, 0.6) is 0 Å². The van der Waals surface area contributed by atoms with Gasteiger partial charge in [-0.25, -0.2) is 0 Å². The molecule has 0 radical (unpaired) electrons. The molecule has 0 aliphatic heterocycles. The van der Waals surface area contributed by atoms with Crippen molar-refractivity contribution < 1.29 is 4.79 Å². The molecule has 0 saturated heterocycles. The van der Waals surface area contributed by atoms with Crippen molar-refractivity contribution in [3.63, 3.8) is 0 Å². The van der Waals surface area contributed by atoms with Crippen LogP contribution in [0, 0.1) is 0 Å². The number of Topliss-reactive ketones (excluding diaryl/α,β-unsaturated/α-hetero) is 1. The second-order valence-corrected chi connectivity index (χ2v) is 6.72. The molecule has 0 fully saturated rings. The summed E-state index contributed by atoms with van der Waals surface area (Å²) in [6, 6.07) is 21.5. The number of benzene rings is 3. The van der Waals surface area contributed by atoms with Gasteiger partial charge in [-0.2, -0.15) is 0 Å². The van der Waals surface area contributed by atoms with E-state index in [9.17, 15) is 4.79 Å². The van der Waals surface area contributed by atoms with Crippen molar-refractivity contribution in [3.05, 3.63) is 105 Å². The predicted octanol–water partition coefficient (Wildman–Crippen LogP) is 6.66. The molecule has 0 aliphatic rings. The van der Waals surface area contributed by atoms with Crippen LogP contribution in [-0.2, 0) is 0 Å². The first-order valence-electron chi connectivity index (χ1n) is 7.35. The van der Waals surface area contributed by atoms with E-state index in [1.54, 1.807) is 48.5 Å². The molecule has 0 N–H and O–H groups in total. The van der Waals surface area contributed by atoms with Gasteiger partial charge in [-0.1, -0.05) is 59.1 Å². The van der Waals surface area contributed by atoms with Crippen LogP contribution >= 0.6 is 34.8 Å². The summed E-state index contributed by atoms with van der Waals surface area (Å²) in [7, 11) is 0. The molecule has 0 aromatic heterocycles. The summed E-state index contributed by atoms with van der Waals surface area (Å²) in [5.41, 5.74) is 2.36. The number of rotatable bonds is 4.